The van der Waals surface area contributed by atoms with Gasteiger partial charge in [0.05, 0.1) is 52.7 Å². The molecule has 0 spiro atoms. The highest BCUT2D eigenvalue weighted by Gasteiger charge is 2.50. The summed E-state index contributed by atoms with van der Waals surface area (Å²) in [5, 5.41) is 33.6. The molecule has 2 aliphatic rings. The molecule has 23 nitrogen and oxygen atoms in total. The molecule has 4 aromatic heterocycles. The van der Waals surface area contributed by atoms with Gasteiger partial charge in [-0.15, -0.1) is 0 Å². The number of nitrogens with zero attached hydrogens (tertiary/aromatic N) is 6. The number of phenols is 1. The Balaban J connectivity index is 0.000000226. The van der Waals surface area contributed by atoms with E-state index >= 15 is 0 Å². The molecule has 4 heterocycles. The molecule has 0 bridgehead atoms. The van der Waals surface area contributed by atoms with Gasteiger partial charge in [0.25, 0.3) is 11.8 Å². The molecule has 4 unspecified atom stereocenters. The highest BCUT2D eigenvalue weighted by atomic mass is 35.5. The lowest BCUT2D eigenvalue weighted by Crippen LogP contribution is -2.55. The minimum Gasteiger partial charge on any atom is -0.508 e. The van der Waals surface area contributed by atoms with E-state index < -0.39 is 52.5 Å². The van der Waals surface area contributed by atoms with Crippen molar-refractivity contribution in [3.8, 4) is 68.9 Å². The van der Waals surface area contributed by atoms with Crippen molar-refractivity contribution in [1.82, 2.24) is 40.9 Å². The number of pyridine rings is 2. The number of benzene rings is 2. The third kappa shape index (κ3) is 18.9. The largest absolute Gasteiger partial charge is 0.508 e. The van der Waals surface area contributed by atoms with Crippen LogP contribution in [0.25, 0.3) is 45.7 Å². The first-order valence-corrected chi connectivity index (χ1v) is 28.7. The third-order valence-electron chi connectivity index (χ3n) is 12.1. The van der Waals surface area contributed by atoms with Gasteiger partial charge in [-0.1, -0.05) is 56.7 Å². The Labute approximate surface area is 512 Å². The zero-order valence-corrected chi connectivity index (χ0v) is 52.2. The van der Waals surface area contributed by atoms with Gasteiger partial charge in [-0.25, -0.2) is 29.1 Å². The smallest absolute Gasteiger partial charge is 0.408 e. The summed E-state index contributed by atoms with van der Waals surface area (Å²) in [6.07, 6.45) is 2.60. The van der Waals surface area contributed by atoms with Crippen molar-refractivity contribution >= 4 is 70.5 Å². The van der Waals surface area contributed by atoms with Gasteiger partial charge in [0.2, 0.25) is 23.4 Å². The minimum absolute atomic E-state index is 0.0347. The van der Waals surface area contributed by atoms with E-state index in [0.29, 0.717) is 91.4 Å². The van der Waals surface area contributed by atoms with Gasteiger partial charge >= 0.3 is 24.1 Å². The summed E-state index contributed by atoms with van der Waals surface area (Å²) in [6.45, 7) is 21.8. The van der Waals surface area contributed by atoms with Crippen LogP contribution in [0.4, 0.5) is 9.59 Å². The van der Waals surface area contributed by atoms with Gasteiger partial charge in [0.15, 0.2) is 0 Å². The summed E-state index contributed by atoms with van der Waals surface area (Å²) in [4.78, 5) is 66.4. The molecule has 27 heteroatoms. The number of carbonyl (C=O) groups is 4. The lowest BCUT2D eigenvalue weighted by Gasteiger charge is -2.29. The molecule has 6 aromatic rings. The molecule has 4 N–H and O–H groups in total. The van der Waals surface area contributed by atoms with Gasteiger partial charge < -0.3 is 63.1 Å². The number of nitrogens with one attached hydrogen (secondary N) is 2. The lowest BCUT2D eigenvalue weighted by molar-refractivity contribution is -0.152. The van der Waals surface area contributed by atoms with Crippen LogP contribution in [0.15, 0.2) is 70.0 Å². The van der Waals surface area contributed by atoms with Crippen LogP contribution in [0.1, 0.15) is 122 Å². The van der Waals surface area contributed by atoms with Crippen LogP contribution >= 0.6 is 46.4 Å². The van der Waals surface area contributed by atoms with Crippen molar-refractivity contribution in [2.75, 3.05) is 13.2 Å². The number of amides is 2. The molecule has 2 fully saturated rings. The van der Waals surface area contributed by atoms with Crippen LogP contribution in [0.3, 0.4) is 0 Å². The maximum absolute atomic E-state index is 12.9. The van der Waals surface area contributed by atoms with E-state index in [1.165, 1.54) is 18.3 Å². The first-order chi connectivity index (χ1) is 39.9. The Hall–Kier alpha value is -7.18. The number of alkyl carbamates (subject to hydrolysis) is 2. The number of rotatable bonds is 16. The number of carbonyl (C=O) groups excluding carboxylic acids is 4. The van der Waals surface area contributed by atoms with Crippen molar-refractivity contribution in [3.05, 3.63) is 81.0 Å². The Morgan fingerprint density at radius 3 is 1.49 bits per heavy atom. The zero-order valence-electron chi connectivity index (χ0n) is 49.1. The summed E-state index contributed by atoms with van der Waals surface area (Å²) in [5.41, 5.74) is -1.63. The van der Waals surface area contributed by atoms with Crippen molar-refractivity contribution in [2.45, 2.75) is 168 Å². The van der Waals surface area contributed by atoms with E-state index in [1.807, 2.05) is 27.7 Å². The number of aromatic nitrogens is 6. The fourth-order valence-electron chi connectivity index (χ4n) is 8.59. The highest BCUT2D eigenvalue weighted by Crippen LogP contribution is 2.39. The molecule has 2 aromatic carbocycles. The first-order valence-electron chi connectivity index (χ1n) is 27.2. The van der Waals surface area contributed by atoms with Crippen LogP contribution in [-0.2, 0) is 28.5 Å². The Kier molecular flexibility index (Phi) is 22.7. The predicted octanol–water partition coefficient (Wildman–Crippen LogP) is 12.6. The number of phenolic OH excluding ortho intramolecular Hbond substituents is 1. The van der Waals surface area contributed by atoms with Crippen LogP contribution in [0.2, 0.25) is 20.1 Å². The lowest BCUT2D eigenvalue weighted by atomic mass is 9.98. The molecule has 2 saturated carbocycles. The number of hydrogen-bond donors (Lipinski definition) is 4. The summed E-state index contributed by atoms with van der Waals surface area (Å²) >= 11 is 25.1. The van der Waals surface area contributed by atoms with E-state index in [2.05, 4.69) is 40.9 Å². The molecule has 2 amide bonds. The van der Waals surface area contributed by atoms with E-state index in [4.69, 9.17) is 88.6 Å². The zero-order chi connectivity index (χ0) is 62.6. The molecule has 8 rings (SSSR count). The molecule has 460 valence electrons. The Morgan fingerprint density at radius 1 is 0.647 bits per heavy atom. The van der Waals surface area contributed by atoms with Gasteiger partial charge in [-0.2, -0.15) is 9.97 Å². The van der Waals surface area contributed by atoms with Crippen molar-refractivity contribution in [2.24, 2.45) is 0 Å². The summed E-state index contributed by atoms with van der Waals surface area (Å²) in [5.74, 6) is 1.19. The second-order valence-electron chi connectivity index (χ2n) is 22.2. The number of aliphatic hydroxyl groups is 1. The molecule has 4 atom stereocenters. The summed E-state index contributed by atoms with van der Waals surface area (Å²) in [7, 11) is 0. The average Bonchev–Trinajstić information content (AvgIpc) is 2.59. The number of hydrogen-bond acceptors (Lipinski definition) is 21. The fourth-order valence-corrected chi connectivity index (χ4v) is 9.53. The number of ether oxygens (including phenoxy) is 7. The normalized spacial score (nSPS) is 18.3. The highest BCUT2D eigenvalue weighted by molar-refractivity contribution is 6.34. The monoisotopic (exact) mass is 1260 g/mol. The number of aliphatic hydroxyl groups excluding tert-OH is 1. The van der Waals surface area contributed by atoms with Crippen molar-refractivity contribution < 1.29 is 71.6 Å². The fraction of sp³-hybridized carbons (Fsp3) is 0.483. The van der Waals surface area contributed by atoms with Gasteiger partial charge in [0.1, 0.15) is 49.9 Å². The van der Waals surface area contributed by atoms with Crippen molar-refractivity contribution in [3.63, 3.8) is 0 Å². The SMILES string of the molecule is CC(C)Oc1ncc(-c2nc(-c3ccc(O)cc3Cl)no2)cc1Cl.CCOC(=O)C1(NC(=O)OC(C)(C)C)CCC(O)C1.CCOC(=O)C1(NC(=O)OC(C)(C)C)CCC(Oc2ccc(-c3noc(-c4cnc(OC(C)C)c(Cl)c4)n3)c(Cl)c2)C1. The minimum atomic E-state index is -1.26. The second kappa shape index (κ2) is 28.8. The number of aromatic hydroxyl groups is 1. The van der Waals surface area contributed by atoms with Gasteiger partial charge in [0, 0.05) is 36.4 Å². The molecule has 85 heavy (non-hydrogen) atoms. The molecular weight excluding hydrogens is 1190 g/mol. The van der Waals surface area contributed by atoms with Gasteiger partial charge in [-0.05, 0) is 157 Å². The van der Waals surface area contributed by atoms with E-state index in [-0.39, 0.29) is 67.7 Å². The molecule has 0 saturated heterocycles. The standard InChI is InChI=1S/C29H34Cl2N4O7.C16H13Cl2N3O3.C13H23NO5/c1-7-38-26(36)29(34-27(37)41-28(4,5)6)11-10-19(14-29)40-18-8-9-20(21(30)13-18)23-33-24(42-35-23)17-12-22(31)25(32-15-17)39-16(2)3;1-8(2)23-16-13(18)5-9(7-19-16)15-20-14(21-24-15)11-4-3-10(22)6-12(11)17;1-5-18-10(16)13(7-6-9(15)8-13)14-11(17)19-12(2,3)4/h8-9,12-13,15-16,19H,7,10-11,14H2,1-6H3,(H,34,37);3-8,22H,1-2H3;9,15H,5-8H2,1-4H3,(H,14,17). The predicted molar refractivity (Wildman–Crippen MR) is 315 cm³/mol. The first kappa shape index (κ1) is 67.0. The molecular formula is C58H70Cl4N8O15. The number of halogens is 4. The number of esters is 2. The summed E-state index contributed by atoms with van der Waals surface area (Å²) in [6, 6.07) is 12.9. The second-order valence-corrected chi connectivity index (χ2v) is 23.9. The molecule has 2 aliphatic carbocycles. The third-order valence-corrected chi connectivity index (χ3v) is 13.3. The van der Waals surface area contributed by atoms with Crippen LogP contribution in [0.5, 0.6) is 23.3 Å². The van der Waals surface area contributed by atoms with E-state index in [0.717, 1.165) is 0 Å². The average molecular weight is 1260 g/mol. The Morgan fingerprint density at radius 2 is 1.09 bits per heavy atom. The topological polar surface area (TPSA) is 301 Å². The van der Waals surface area contributed by atoms with Crippen molar-refractivity contribution in [1.29, 1.82) is 0 Å². The van der Waals surface area contributed by atoms with Crippen LogP contribution < -0.4 is 24.8 Å². The quantitative estimate of drug-likeness (QED) is 0.0517. The maximum atomic E-state index is 12.9. The van der Waals surface area contributed by atoms with Crippen LogP contribution in [-0.4, -0.2) is 124 Å². The van der Waals surface area contributed by atoms with Gasteiger partial charge in [-0.3, -0.25) is 0 Å². The molecule has 0 radical (unpaired) electrons. The van der Waals surface area contributed by atoms with E-state index in [1.54, 1.807) is 98.0 Å². The van der Waals surface area contributed by atoms with E-state index in [9.17, 15) is 29.4 Å². The molecule has 0 aliphatic heterocycles. The summed E-state index contributed by atoms with van der Waals surface area (Å²) < 4.78 is 48.7. The maximum Gasteiger partial charge on any atom is 0.408 e. The Bertz CT molecular complexity index is 3290. The van der Waals surface area contributed by atoms with Crippen LogP contribution in [0, 0.1) is 0 Å².